The van der Waals surface area contributed by atoms with Crippen LogP contribution in [0.4, 0.5) is 11.6 Å². The molecule has 2 heterocycles. The van der Waals surface area contributed by atoms with Crippen molar-refractivity contribution in [3.05, 3.63) is 35.7 Å². The van der Waals surface area contributed by atoms with Crippen molar-refractivity contribution in [2.75, 3.05) is 23.4 Å². The number of rotatable bonds is 6. The van der Waals surface area contributed by atoms with Crippen molar-refractivity contribution in [2.45, 2.75) is 25.5 Å². The Morgan fingerprint density at radius 3 is 2.60 bits per heavy atom. The van der Waals surface area contributed by atoms with E-state index in [0.29, 0.717) is 6.54 Å². The molecule has 2 aromatic rings. The molecule has 0 spiro atoms. The first-order valence-corrected chi connectivity index (χ1v) is 7.76. The van der Waals surface area contributed by atoms with E-state index in [9.17, 15) is 0 Å². The van der Waals surface area contributed by atoms with Crippen LogP contribution in [0.1, 0.15) is 18.2 Å². The minimum absolute atomic E-state index is 0.656. The van der Waals surface area contributed by atoms with Gasteiger partial charge < -0.3 is 10.6 Å². The number of aryl methyl sites for hydroxylation is 1. The molecule has 106 valence electrons. The number of anilines is 2. The summed E-state index contributed by atoms with van der Waals surface area (Å²) in [5, 5.41) is 7.27. The molecule has 0 saturated carbocycles. The van der Waals surface area contributed by atoms with Gasteiger partial charge in [0.05, 0.1) is 12.2 Å². The molecular weight excluding hydrogens is 270 g/mol. The maximum Gasteiger partial charge on any atom is 0.191 e. The van der Waals surface area contributed by atoms with Gasteiger partial charge >= 0.3 is 0 Å². The number of thioether (sulfide) groups is 1. The van der Waals surface area contributed by atoms with Gasteiger partial charge in [0.1, 0.15) is 11.6 Å². The summed E-state index contributed by atoms with van der Waals surface area (Å²) in [5.41, 5.74) is 2.20. The lowest BCUT2D eigenvalue weighted by Crippen LogP contribution is -2.07. The van der Waals surface area contributed by atoms with Crippen LogP contribution in [0.25, 0.3) is 0 Å². The normalized spacial score (nSPS) is 10.3. The lowest BCUT2D eigenvalue weighted by atomic mass is 10.2. The lowest BCUT2D eigenvalue weighted by Gasteiger charge is -2.10. The Hall–Kier alpha value is -1.82. The predicted octanol–water partition coefficient (Wildman–Crippen LogP) is 2.95. The summed E-state index contributed by atoms with van der Waals surface area (Å²) in [6, 6.07) is 5.92. The molecule has 0 atom stereocenters. The Labute approximate surface area is 123 Å². The maximum absolute atomic E-state index is 4.45. The van der Waals surface area contributed by atoms with E-state index in [2.05, 4.69) is 38.6 Å². The number of nitrogens with zero attached hydrogens (tertiary/aromatic N) is 3. The third-order valence-electron chi connectivity index (χ3n) is 2.80. The molecule has 0 amide bonds. The quantitative estimate of drug-likeness (QED) is 0.630. The molecule has 0 fully saturated rings. The first-order valence-electron chi connectivity index (χ1n) is 6.54. The van der Waals surface area contributed by atoms with Crippen LogP contribution in [0.3, 0.4) is 0 Å². The molecule has 6 heteroatoms. The molecule has 0 radical (unpaired) electrons. The Kier molecular flexibility index (Phi) is 5.17. The SMILES string of the molecule is CCNc1cc(NCc2ncccc2C)nc(SC)n1. The van der Waals surface area contributed by atoms with Crippen LogP contribution in [0.2, 0.25) is 0 Å². The zero-order valence-corrected chi connectivity index (χ0v) is 12.8. The molecule has 0 aliphatic carbocycles. The number of hydrogen-bond acceptors (Lipinski definition) is 6. The van der Waals surface area contributed by atoms with Crippen molar-refractivity contribution in [2.24, 2.45) is 0 Å². The van der Waals surface area contributed by atoms with Crippen LogP contribution >= 0.6 is 11.8 Å². The largest absolute Gasteiger partial charge is 0.370 e. The summed E-state index contributed by atoms with van der Waals surface area (Å²) in [5.74, 6) is 1.65. The summed E-state index contributed by atoms with van der Waals surface area (Å²) < 4.78 is 0. The molecule has 0 unspecified atom stereocenters. The second-order valence-corrected chi connectivity index (χ2v) is 5.05. The Balaban J connectivity index is 2.12. The van der Waals surface area contributed by atoms with E-state index in [-0.39, 0.29) is 0 Å². The van der Waals surface area contributed by atoms with E-state index in [0.717, 1.165) is 29.0 Å². The molecule has 2 N–H and O–H groups in total. The number of hydrogen-bond donors (Lipinski definition) is 2. The van der Waals surface area contributed by atoms with Crippen molar-refractivity contribution < 1.29 is 0 Å². The van der Waals surface area contributed by atoms with Gasteiger partial charge in [-0.15, -0.1) is 0 Å². The summed E-state index contributed by atoms with van der Waals surface area (Å²) in [4.78, 5) is 13.2. The molecular formula is C14H19N5S. The van der Waals surface area contributed by atoms with Gasteiger partial charge in [-0.3, -0.25) is 4.98 Å². The Bertz CT molecular complexity index is 573. The van der Waals surface area contributed by atoms with Gasteiger partial charge in [0, 0.05) is 18.8 Å². The molecule has 0 bridgehead atoms. The smallest absolute Gasteiger partial charge is 0.191 e. The predicted molar refractivity (Wildman–Crippen MR) is 84.3 cm³/mol. The van der Waals surface area contributed by atoms with Crippen LogP contribution in [0.5, 0.6) is 0 Å². The second kappa shape index (κ2) is 7.09. The van der Waals surface area contributed by atoms with Gasteiger partial charge in [0.2, 0.25) is 0 Å². The summed E-state index contributed by atoms with van der Waals surface area (Å²) in [6.45, 7) is 5.60. The fourth-order valence-electron chi connectivity index (χ4n) is 1.76. The molecule has 20 heavy (non-hydrogen) atoms. The van der Waals surface area contributed by atoms with Crippen LogP contribution in [-0.4, -0.2) is 27.8 Å². The van der Waals surface area contributed by atoms with E-state index in [1.165, 1.54) is 17.3 Å². The minimum Gasteiger partial charge on any atom is -0.370 e. The van der Waals surface area contributed by atoms with E-state index >= 15 is 0 Å². The van der Waals surface area contributed by atoms with Gasteiger partial charge in [-0.2, -0.15) is 0 Å². The van der Waals surface area contributed by atoms with Gasteiger partial charge in [0.15, 0.2) is 5.16 Å². The summed E-state index contributed by atoms with van der Waals surface area (Å²) in [7, 11) is 0. The highest BCUT2D eigenvalue weighted by Crippen LogP contribution is 2.18. The molecule has 0 aliphatic rings. The molecule has 2 aromatic heterocycles. The van der Waals surface area contributed by atoms with E-state index in [4.69, 9.17) is 0 Å². The van der Waals surface area contributed by atoms with Crippen molar-refractivity contribution >= 4 is 23.4 Å². The third kappa shape index (κ3) is 3.84. The zero-order chi connectivity index (χ0) is 14.4. The van der Waals surface area contributed by atoms with Crippen molar-refractivity contribution in [1.29, 1.82) is 0 Å². The van der Waals surface area contributed by atoms with E-state index in [1.807, 2.05) is 25.3 Å². The van der Waals surface area contributed by atoms with Crippen LogP contribution < -0.4 is 10.6 Å². The molecule has 0 aromatic carbocycles. The summed E-state index contributed by atoms with van der Waals surface area (Å²) in [6.07, 6.45) is 3.78. The average Bonchev–Trinajstić information content (AvgIpc) is 2.46. The van der Waals surface area contributed by atoms with Crippen LogP contribution in [0.15, 0.2) is 29.6 Å². The minimum atomic E-state index is 0.656. The first-order chi connectivity index (χ1) is 9.72. The fourth-order valence-corrected chi connectivity index (χ4v) is 2.14. The van der Waals surface area contributed by atoms with Gasteiger partial charge in [-0.1, -0.05) is 17.8 Å². The fraction of sp³-hybridized carbons (Fsp3) is 0.357. The number of aromatic nitrogens is 3. The highest BCUT2D eigenvalue weighted by Gasteiger charge is 2.04. The van der Waals surface area contributed by atoms with Gasteiger partial charge in [0.25, 0.3) is 0 Å². The van der Waals surface area contributed by atoms with E-state index in [1.54, 1.807) is 6.20 Å². The highest BCUT2D eigenvalue weighted by atomic mass is 32.2. The van der Waals surface area contributed by atoms with Crippen molar-refractivity contribution in [1.82, 2.24) is 15.0 Å². The Morgan fingerprint density at radius 1 is 1.20 bits per heavy atom. The third-order valence-corrected chi connectivity index (χ3v) is 3.35. The van der Waals surface area contributed by atoms with E-state index < -0.39 is 0 Å². The van der Waals surface area contributed by atoms with Crippen LogP contribution in [0, 0.1) is 6.92 Å². The summed E-state index contributed by atoms with van der Waals surface area (Å²) >= 11 is 1.53. The van der Waals surface area contributed by atoms with Crippen molar-refractivity contribution in [3.63, 3.8) is 0 Å². The van der Waals surface area contributed by atoms with Crippen LogP contribution in [-0.2, 0) is 6.54 Å². The van der Waals surface area contributed by atoms with Crippen molar-refractivity contribution in [3.8, 4) is 0 Å². The Morgan fingerprint density at radius 2 is 1.95 bits per heavy atom. The molecule has 2 rings (SSSR count). The molecule has 5 nitrogen and oxygen atoms in total. The van der Waals surface area contributed by atoms with Gasteiger partial charge in [-0.25, -0.2) is 9.97 Å². The number of pyridine rings is 1. The van der Waals surface area contributed by atoms with Gasteiger partial charge in [-0.05, 0) is 31.7 Å². The molecule has 0 saturated heterocycles. The number of nitrogens with one attached hydrogen (secondary N) is 2. The second-order valence-electron chi connectivity index (χ2n) is 4.28. The average molecular weight is 289 g/mol. The monoisotopic (exact) mass is 289 g/mol. The topological polar surface area (TPSA) is 62.7 Å². The maximum atomic E-state index is 4.45. The standard InChI is InChI=1S/C14H19N5S/c1-4-15-12-8-13(19-14(18-12)20-3)17-9-11-10(2)6-5-7-16-11/h5-8H,4,9H2,1-3H3,(H2,15,17,18,19). The molecule has 0 aliphatic heterocycles. The lowest BCUT2D eigenvalue weighted by molar-refractivity contribution is 0.936. The zero-order valence-electron chi connectivity index (χ0n) is 12.0. The first kappa shape index (κ1) is 14.6. The highest BCUT2D eigenvalue weighted by molar-refractivity contribution is 7.98.